The SMILES string of the molecule is Cn1cc(CN2CCC(Cn3nc(C(F)(F)F)ccc3=O)CC2)c(C(F)F)n1. The standard InChI is InChI=1S/C17H20F5N5O/c1-25-9-12(15(24-25)16(18)19)10-26-6-4-11(5-7-26)8-27-14(28)3-2-13(23-27)17(20,21)22/h2-3,9,11,16H,4-8,10H2,1H3. The van der Waals surface area contributed by atoms with Crippen LogP contribution >= 0.6 is 0 Å². The van der Waals surface area contributed by atoms with Crippen LogP contribution in [0.25, 0.3) is 0 Å². The van der Waals surface area contributed by atoms with Crippen molar-refractivity contribution in [3.8, 4) is 0 Å². The molecule has 0 atom stereocenters. The molecule has 28 heavy (non-hydrogen) atoms. The largest absolute Gasteiger partial charge is 0.435 e. The van der Waals surface area contributed by atoms with Gasteiger partial charge in [-0.2, -0.15) is 23.4 Å². The minimum absolute atomic E-state index is 0.00611. The Morgan fingerprint density at radius 3 is 2.46 bits per heavy atom. The van der Waals surface area contributed by atoms with Crippen LogP contribution in [0.4, 0.5) is 22.0 Å². The fourth-order valence-electron chi connectivity index (χ4n) is 3.40. The summed E-state index contributed by atoms with van der Waals surface area (Å²) in [4.78, 5) is 13.8. The summed E-state index contributed by atoms with van der Waals surface area (Å²) < 4.78 is 66.6. The van der Waals surface area contributed by atoms with Gasteiger partial charge in [0.25, 0.3) is 12.0 Å². The molecule has 2 aromatic rings. The Morgan fingerprint density at radius 1 is 1.18 bits per heavy atom. The Balaban J connectivity index is 1.60. The second kappa shape index (κ2) is 7.98. The predicted molar refractivity (Wildman–Crippen MR) is 89.7 cm³/mol. The number of aryl methyl sites for hydroxylation is 1. The van der Waals surface area contributed by atoms with E-state index in [9.17, 15) is 26.7 Å². The highest BCUT2D eigenvalue weighted by Gasteiger charge is 2.33. The summed E-state index contributed by atoms with van der Waals surface area (Å²) in [5, 5.41) is 7.22. The minimum Gasteiger partial charge on any atom is -0.299 e. The zero-order valence-corrected chi connectivity index (χ0v) is 15.2. The third-order valence-corrected chi connectivity index (χ3v) is 4.83. The second-order valence-electron chi connectivity index (χ2n) is 6.97. The van der Waals surface area contributed by atoms with Gasteiger partial charge in [-0.1, -0.05) is 0 Å². The molecule has 1 fully saturated rings. The zero-order chi connectivity index (χ0) is 20.5. The molecule has 0 amide bonds. The fourth-order valence-corrected chi connectivity index (χ4v) is 3.40. The Labute approximate surface area is 157 Å². The van der Waals surface area contributed by atoms with Crippen LogP contribution in [0.2, 0.25) is 0 Å². The number of alkyl halides is 5. The average Bonchev–Trinajstić information content (AvgIpc) is 2.98. The second-order valence-corrected chi connectivity index (χ2v) is 6.97. The molecule has 0 bridgehead atoms. The number of rotatable bonds is 5. The van der Waals surface area contributed by atoms with Gasteiger partial charge in [-0.25, -0.2) is 13.5 Å². The monoisotopic (exact) mass is 405 g/mol. The van der Waals surface area contributed by atoms with E-state index in [4.69, 9.17) is 0 Å². The van der Waals surface area contributed by atoms with Crippen LogP contribution in [0, 0.1) is 5.92 Å². The lowest BCUT2D eigenvalue weighted by Gasteiger charge is -2.31. The van der Waals surface area contributed by atoms with Crippen molar-refractivity contribution >= 4 is 0 Å². The lowest BCUT2D eigenvalue weighted by atomic mass is 9.96. The van der Waals surface area contributed by atoms with Crippen molar-refractivity contribution in [3.05, 3.63) is 45.6 Å². The number of likely N-dealkylation sites (tertiary alicyclic amines) is 1. The van der Waals surface area contributed by atoms with Gasteiger partial charge in [-0.15, -0.1) is 0 Å². The van der Waals surface area contributed by atoms with Crippen LogP contribution in [0.3, 0.4) is 0 Å². The van der Waals surface area contributed by atoms with Crippen LogP contribution in [0.1, 0.15) is 36.2 Å². The molecule has 1 aliphatic heterocycles. The molecule has 11 heteroatoms. The smallest absolute Gasteiger partial charge is 0.299 e. The van der Waals surface area contributed by atoms with Crippen LogP contribution in [0.5, 0.6) is 0 Å². The molecule has 0 unspecified atom stereocenters. The van der Waals surface area contributed by atoms with E-state index in [-0.39, 0.29) is 18.2 Å². The third-order valence-electron chi connectivity index (χ3n) is 4.83. The molecule has 0 aliphatic carbocycles. The lowest BCUT2D eigenvalue weighted by Crippen LogP contribution is -2.37. The maximum atomic E-state index is 13.0. The van der Waals surface area contributed by atoms with Crippen molar-refractivity contribution in [1.82, 2.24) is 24.5 Å². The number of hydrogen-bond acceptors (Lipinski definition) is 4. The van der Waals surface area contributed by atoms with E-state index in [1.807, 2.05) is 4.90 Å². The summed E-state index contributed by atoms with van der Waals surface area (Å²) in [6.45, 7) is 1.62. The van der Waals surface area contributed by atoms with E-state index in [1.165, 1.54) is 4.68 Å². The van der Waals surface area contributed by atoms with Gasteiger partial charge < -0.3 is 0 Å². The van der Waals surface area contributed by atoms with Crippen LogP contribution in [-0.2, 0) is 26.3 Å². The van der Waals surface area contributed by atoms with E-state index in [0.717, 1.165) is 10.7 Å². The first kappa shape index (κ1) is 20.4. The molecule has 6 nitrogen and oxygen atoms in total. The summed E-state index contributed by atoms with van der Waals surface area (Å²) >= 11 is 0. The van der Waals surface area contributed by atoms with Gasteiger partial charge in [0, 0.05) is 38.0 Å². The summed E-state index contributed by atoms with van der Waals surface area (Å²) in [5.41, 5.74) is -1.44. The summed E-state index contributed by atoms with van der Waals surface area (Å²) in [6.07, 6.45) is -4.42. The maximum Gasteiger partial charge on any atom is 0.435 e. The van der Waals surface area contributed by atoms with Crippen molar-refractivity contribution in [2.45, 2.75) is 38.5 Å². The molecule has 1 saturated heterocycles. The van der Waals surface area contributed by atoms with E-state index in [1.54, 1.807) is 13.2 Å². The van der Waals surface area contributed by atoms with Crippen LogP contribution in [-0.4, -0.2) is 37.6 Å². The molecular formula is C17H20F5N5O. The number of nitrogens with zero attached hydrogens (tertiary/aromatic N) is 5. The highest BCUT2D eigenvalue weighted by molar-refractivity contribution is 5.18. The van der Waals surface area contributed by atoms with Crippen molar-refractivity contribution in [3.63, 3.8) is 0 Å². The molecule has 1 aliphatic rings. The van der Waals surface area contributed by atoms with E-state index in [0.29, 0.717) is 44.1 Å². The summed E-state index contributed by atoms with van der Waals surface area (Å²) in [5.74, 6) is -0.00611. The van der Waals surface area contributed by atoms with Gasteiger partial charge in [-0.05, 0) is 37.9 Å². The first-order chi connectivity index (χ1) is 13.1. The van der Waals surface area contributed by atoms with Crippen LogP contribution in [0.15, 0.2) is 23.1 Å². The molecule has 0 N–H and O–H groups in total. The molecule has 3 rings (SSSR count). The number of piperidine rings is 1. The van der Waals surface area contributed by atoms with E-state index < -0.39 is 23.9 Å². The average molecular weight is 405 g/mol. The predicted octanol–water partition coefficient (Wildman–Crippen LogP) is 2.85. The molecule has 0 spiro atoms. The topological polar surface area (TPSA) is 56.0 Å². The van der Waals surface area contributed by atoms with Gasteiger partial charge in [-0.3, -0.25) is 14.4 Å². The minimum atomic E-state index is -4.61. The maximum absolute atomic E-state index is 13.0. The summed E-state index contributed by atoms with van der Waals surface area (Å²) in [6, 6.07) is 1.55. The van der Waals surface area contributed by atoms with Gasteiger partial charge >= 0.3 is 6.18 Å². The fraction of sp³-hybridized carbons (Fsp3) is 0.588. The third kappa shape index (κ3) is 4.75. The van der Waals surface area contributed by atoms with E-state index in [2.05, 4.69) is 10.2 Å². The van der Waals surface area contributed by atoms with Crippen molar-refractivity contribution in [2.24, 2.45) is 13.0 Å². The quantitative estimate of drug-likeness (QED) is 0.718. The summed E-state index contributed by atoms with van der Waals surface area (Å²) in [7, 11) is 1.58. The Morgan fingerprint density at radius 2 is 1.86 bits per heavy atom. The van der Waals surface area contributed by atoms with Gasteiger partial charge in [0.2, 0.25) is 0 Å². The van der Waals surface area contributed by atoms with Crippen molar-refractivity contribution in [2.75, 3.05) is 13.1 Å². The highest BCUT2D eigenvalue weighted by Crippen LogP contribution is 2.27. The zero-order valence-electron chi connectivity index (χ0n) is 15.2. The Hall–Kier alpha value is -2.30. The van der Waals surface area contributed by atoms with Gasteiger partial charge in [0.1, 0.15) is 5.69 Å². The van der Waals surface area contributed by atoms with E-state index >= 15 is 0 Å². The molecule has 0 radical (unpaired) electrons. The molecule has 0 aromatic carbocycles. The van der Waals surface area contributed by atoms with Crippen molar-refractivity contribution in [1.29, 1.82) is 0 Å². The molecule has 154 valence electrons. The number of aromatic nitrogens is 4. The Bertz CT molecular complexity index is 868. The highest BCUT2D eigenvalue weighted by atomic mass is 19.4. The normalized spacial score (nSPS) is 16.8. The van der Waals surface area contributed by atoms with Gasteiger partial charge in [0.05, 0.1) is 0 Å². The van der Waals surface area contributed by atoms with Gasteiger partial charge in [0.15, 0.2) is 5.69 Å². The first-order valence-corrected chi connectivity index (χ1v) is 8.81. The molecular weight excluding hydrogens is 385 g/mol. The van der Waals surface area contributed by atoms with Crippen molar-refractivity contribution < 1.29 is 22.0 Å². The molecule has 0 saturated carbocycles. The molecule has 2 aromatic heterocycles. The first-order valence-electron chi connectivity index (χ1n) is 8.81. The number of halogens is 5. The van der Waals surface area contributed by atoms with Crippen LogP contribution < -0.4 is 5.56 Å². The number of hydrogen-bond donors (Lipinski definition) is 0. The lowest BCUT2D eigenvalue weighted by molar-refractivity contribution is -0.142. The molecule has 3 heterocycles. The Kier molecular flexibility index (Phi) is 5.82.